The lowest BCUT2D eigenvalue weighted by Crippen LogP contribution is -1.95. The molecule has 8 aromatic carbocycles. The topological polar surface area (TPSA) is 9.23 Å². The molecule has 0 bridgehead atoms. The predicted octanol–water partition coefficient (Wildman–Crippen LogP) is 10.7. The summed E-state index contributed by atoms with van der Waals surface area (Å²) in [6, 6.07) is 35.0. The zero-order valence-electron chi connectivity index (χ0n) is 21.9. The molecule has 0 radical (unpaired) electrons. The van der Waals surface area contributed by atoms with Crippen molar-refractivity contribution in [1.29, 1.82) is 0 Å². The average molecular weight is 539 g/mol. The van der Waals surface area contributed by atoms with Crippen LogP contribution in [0.1, 0.15) is 0 Å². The van der Waals surface area contributed by atoms with E-state index in [1.807, 2.05) is 48.5 Å². The summed E-state index contributed by atoms with van der Waals surface area (Å²) in [5.74, 6) is -3.05. The number of rotatable bonds is 3. The lowest BCUT2D eigenvalue weighted by atomic mass is 9.84. The van der Waals surface area contributed by atoms with Crippen LogP contribution in [0.3, 0.4) is 0 Å². The molecule has 196 valence electrons. The summed E-state index contributed by atoms with van der Waals surface area (Å²) in [4.78, 5) is 0. The number of benzene rings is 8. The Kier molecular flexibility index (Phi) is 5.05. The molecular weight excluding hydrogens is 517 g/mol. The van der Waals surface area contributed by atoms with Crippen molar-refractivity contribution in [3.63, 3.8) is 0 Å². The highest BCUT2D eigenvalue weighted by molar-refractivity contribution is 6.26. The Morgan fingerprint density at radius 2 is 0.829 bits per heavy atom. The molecule has 0 N–H and O–H groups in total. The summed E-state index contributed by atoms with van der Waals surface area (Å²) < 4.78 is 48.3. The van der Waals surface area contributed by atoms with Gasteiger partial charge in [-0.25, -0.2) is 13.2 Å². The van der Waals surface area contributed by atoms with Crippen molar-refractivity contribution in [3.05, 3.63) is 127 Å². The normalized spacial score (nSPS) is 11.9. The zero-order chi connectivity index (χ0) is 27.8. The minimum atomic E-state index is -1.47. The van der Waals surface area contributed by atoms with Crippen molar-refractivity contribution in [2.75, 3.05) is 7.11 Å². The van der Waals surface area contributed by atoms with E-state index < -0.39 is 17.5 Å². The third-order valence-corrected chi connectivity index (χ3v) is 8.24. The maximum absolute atomic E-state index is 14.4. The van der Waals surface area contributed by atoms with Gasteiger partial charge >= 0.3 is 0 Å². The lowest BCUT2D eigenvalue weighted by Gasteiger charge is -2.19. The van der Waals surface area contributed by atoms with Crippen LogP contribution in [-0.4, -0.2) is 7.11 Å². The fourth-order valence-electron chi connectivity index (χ4n) is 6.52. The van der Waals surface area contributed by atoms with Crippen LogP contribution in [0.15, 0.2) is 109 Å². The Balaban J connectivity index is 1.48. The SMILES string of the molecule is COc1cc2ccc3cc(-c4c5ccccc5c(-c5cc(F)c(F)c(F)c5)c5ccccc45)cc4ccc(c1)c2c34. The highest BCUT2D eigenvalue weighted by Crippen LogP contribution is 2.46. The summed E-state index contributed by atoms with van der Waals surface area (Å²) in [5, 5.41) is 10.5. The maximum Gasteiger partial charge on any atom is 0.194 e. The summed E-state index contributed by atoms with van der Waals surface area (Å²) in [5.41, 5.74) is 3.05. The Bertz CT molecular complexity index is 2190. The Hall–Kier alpha value is -5.09. The highest BCUT2D eigenvalue weighted by Gasteiger charge is 2.20. The zero-order valence-corrected chi connectivity index (χ0v) is 21.9. The van der Waals surface area contributed by atoms with E-state index in [2.05, 4.69) is 48.5 Å². The van der Waals surface area contributed by atoms with Crippen molar-refractivity contribution >= 4 is 53.9 Å². The van der Waals surface area contributed by atoms with Crippen LogP contribution in [0.4, 0.5) is 13.2 Å². The van der Waals surface area contributed by atoms with Gasteiger partial charge < -0.3 is 4.74 Å². The first-order chi connectivity index (χ1) is 20.0. The number of methoxy groups -OCH3 is 1. The minimum Gasteiger partial charge on any atom is -0.497 e. The van der Waals surface area contributed by atoms with E-state index in [0.29, 0.717) is 11.1 Å². The number of fused-ring (bicyclic) bond motifs is 2. The smallest absolute Gasteiger partial charge is 0.194 e. The highest BCUT2D eigenvalue weighted by atomic mass is 19.2. The molecule has 0 fully saturated rings. The molecule has 0 heterocycles. The molecule has 4 heteroatoms. The van der Waals surface area contributed by atoms with Crippen molar-refractivity contribution in [3.8, 4) is 28.0 Å². The van der Waals surface area contributed by atoms with Gasteiger partial charge in [0, 0.05) is 0 Å². The van der Waals surface area contributed by atoms with E-state index in [9.17, 15) is 13.2 Å². The summed E-state index contributed by atoms with van der Waals surface area (Å²) in [6.45, 7) is 0. The fraction of sp³-hybridized carbons (Fsp3) is 0.0270. The Labute approximate surface area is 233 Å². The van der Waals surface area contributed by atoms with Crippen molar-refractivity contribution in [2.24, 2.45) is 0 Å². The number of halogens is 3. The summed E-state index contributed by atoms with van der Waals surface area (Å²) in [6.07, 6.45) is 0. The molecule has 8 rings (SSSR count). The first-order valence-electron chi connectivity index (χ1n) is 13.4. The van der Waals surface area contributed by atoms with Gasteiger partial charge in [-0.3, -0.25) is 0 Å². The summed E-state index contributed by atoms with van der Waals surface area (Å²) >= 11 is 0. The summed E-state index contributed by atoms with van der Waals surface area (Å²) in [7, 11) is 1.68. The van der Waals surface area contributed by atoms with Crippen LogP contribution in [0.25, 0.3) is 76.1 Å². The van der Waals surface area contributed by atoms with E-state index in [0.717, 1.165) is 72.1 Å². The second-order valence-electron chi connectivity index (χ2n) is 10.5. The largest absolute Gasteiger partial charge is 0.497 e. The van der Waals surface area contributed by atoms with Crippen LogP contribution >= 0.6 is 0 Å². The van der Waals surface area contributed by atoms with Crippen molar-refractivity contribution in [1.82, 2.24) is 0 Å². The number of hydrogen-bond donors (Lipinski definition) is 0. The molecule has 0 unspecified atom stereocenters. The molecule has 41 heavy (non-hydrogen) atoms. The first kappa shape index (κ1) is 23.8. The lowest BCUT2D eigenvalue weighted by molar-refractivity contribution is 0.416. The van der Waals surface area contributed by atoms with E-state index >= 15 is 0 Å². The molecule has 0 spiro atoms. The maximum atomic E-state index is 14.4. The van der Waals surface area contributed by atoms with Gasteiger partial charge in [0.25, 0.3) is 0 Å². The van der Waals surface area contributed by atoms with Gasteiger partial charge in [0.05, 0.1) is 7.11 Å². The van der Waals surface area contributed by atoms with Gasteiger partial charge in [-0.1, -0.05) is 72.8 Å². The van der Waals surface area contributed by atoms with Gasteiger partial charge in [0.2, 0.25) is 0 Å². The molecule has 0 aliphatic carbocycles. The van der Waals surface area contributed by atoms with Crippen LogP contribution < -0.4 is 4.74 Å². The molecule has 0 aliphatic rings. The molecule has 0 amide bonds. The number of hydrogen-bond acceptors (Lipinski definition) is 1. The van der Waals surface area contributed by atoms with Gasteiger partial charge in [0.15, 0.2) is 17.5 Å². The predicted molar refractivity (Wildman–Crippen MR) is 162 cm³/mol. The molecule has 0 aromatic heterocycles. The first-order valence-corrected chi connectivity index (χ1v) is 13.4. The fourth-order valence-corrected chi connectivity index (χ4v) is 6.52. The third kappa shape index (κ3) is 3.44. The molecule has 8 aromatic rings. The van der Waals surface area contributed by atoms with Gasteiger partial charge in [-0.05, 0) is 113 Å². The van der Waals surface area contributed by atoms with Crippen LogP contribution in [0.2, 0.25) is 0 Å². The molecule has 0 saturated heterocycles. The van der Waals surface area contributed by atoms with Gasteiger partial charge in [-0.15, -0.1) is 0 Å². The molecule has 0 saturated carbocycles. The Morgan fingerprint density at radius 1 is 0.463 bits per heavy atom. The molecule has 0 atom stereocenters. The van der Waals surface area contributed by atoms with Crippen LogP contribution in [0, 0.1) is 17.5 Å². The van der Waals surface area contributed by atoms with E-state index in [1.165, 1.54) is 10.8 Å². The van der Waals surface area contributed by atoms with E-state index in [4.69, 9.17) is 4.74 Å². The second kappa shape index (κ2) is 8.70. The van der Waals surface area contributed by atoms with Crippen LogP contribution in [-0.2, 0) is 0 Å². The van der Waals surface area contributed by atoms with Crippen molar-refractivity contribution in [2.45, 2.75) is 0 Å². The van der Waals surface area contributed by atoms with Crippen LogP contribution in [0.5, 0.6) is 5.75 Å². The van der Waals surface area contributed by atoms with Gasteiger partial charge in [-0.2, -0.15) is 0 Å². The standard InChI is InChI=1S/C37H21F3O/c1-41-26-16-22-12-10-20-14-24(15-21-11-13-23(17-26)34(22)33(20)21)35-27-6-2-4-8-29(27)36(30-9-5-3-7-28(30)35)25-18-31(38)37(40)32(39)19-25/h2-19H,1H3. The Morgan fingerprint density at radius 3 is 1.22 bits per heavy atom. The van der Waals surface area contributed by atoms with E-state index in [1.54, 1.807) is 7.11 Å². The second-order valence-corrected chi connectivity index (χ2v) is 10.5. The molecule has 0 aliphatic heterocycles. The van der Waals surface area contributed by atoms with Crippen molar-refractivity contribution < 1.29 is 17.9 Å². The molecular formula is C37H21F3O. The minimum absolute atomic E-state index is 0.298. The third-order valence-electron chi connectivity index (χ3n) is 8.24. The van der Waals surface area contributed by atoms with E-state index in [-0.39, 0.29) is 0 Å². The van der Waals surface area contributed by atoms with Gasteiger partial charge in [0.1, 0.15) is 5.75 Å². The number of ether oxygens (including phenoxy) is 1. The quantitative estimate of drug-likeness (QED) is 0.124. The average Bonchev–Trinajstić information content (AvgIpc) is 3.00. The monoisotopic (exact) mass is 538 g/mol. The molecule has 1 nitrogen and oxygen atoms in total.